The first-order valence-corrected chi connectivity index (χ1v) is 7.37. The van der Waals surface area contributed by atoms with E-state index in [4.69, 9.17) is 16.3 Å². The number of halogens is 2. The van der Waals surface area contributed by atoms with Crippen molar-refractivity contribution in [3.8, 4) is 0 Å². The van der Waals surface area contributed by atoms with Crippen LogP contribution in [0.3, 0.4) is 0 Å². The number of hydrogen-bond acceptors (Lipinski definition) is 5. The summed E-state index contributed by atoms with van der Waals surface area (Å²) in [5, 5.41) is 13.0. The molecule has 0 unspecified atom stereocenters. The van der Waals surface area contributed by atoms with Gasteiger partial charge in [0, 0.05) is 12.1 Å². The van der Waals surface area contributed by atoms with Gasteiger partial charge in [-0.25, -0.2) is 9.18 Å². The number of benzene rings is 2. The Labute approximate surface area is 146 Å². The lowest BCUT2D eigenvalue weighted by atomic mass is 10.2. The van der Waals surface area contributed by atoms with E-state index in [1.807, 2.05) is 0 Å². The summed E-state index contributed by atoms with van der Waals surface area (Å²) in [6.07, 6.45) is -1.24. The lowest BCUT2D eigenvalue weighted by molar-refractivity contribution is -0.384. The van der Waals surface area contributed by atoms with Crippen molar-refractivity contribution in [2.24, 2.45) is 0 Å². The van der Waals surface area contributed by atoms with E-state index in [-0.39, 0.29) is 22.0 Å². The molecule has 0 aliphatic rings. The molecule has 0 aromatic heterocycles. The van der Waals surface area contributed by atoms with Crippen LogP contribution in [0.4, 0.5) is 15.8 Å². The van der Waals surface area contributed by atoms with Crippen LogP contribution in [0.2, 0.25) is 5.02 Å². The van der Waals surface area contributed by atoms with E-state index in [1.165, 1.54) is 31.2 Å². The number of anilines is 1. The van der Waals surface area contributed by atoms with Crippen LogP contribution in [0, 0.1) is 15.9 Å². The zero-order chi connectivity index (χ0) is 18.6. The highest BCUT2D eigenvalue weighted by molar-refractivity contribution is 6.34. The summed E-state index contributed by atoms with van der Waals surface area (Å²) in [4.78, 5) is 34.0. The standard InChI is InChI=1S/C16H12ClFN2O5/c1-9(25-16(22)11-4-2-3-5-13(11)18)15(21)19-14-7-6-10(20(23)24)8-12(14)17/h2-9H,1H3,(H,19,21)/t9-/m1/s1. The fourth-order valence-corrected chi connectivity index (χ4v) is 2.08. The third-order valence-corrected chi connectivity index (χ3v) is 3.48. The number of carbonyl (C=O) groups is 2. The molecule has 0 saturated carbocycles. The van der Waals surface area contributed by atoms with Crippen LogP contribution in [0.1, 0.15) is 17.3 Å². The van der Waals surface area contributed by atoms with E-state index in [9.17, 15) is 24.1 Å². The van der Waals surface area contributed by atoms with E-state index >= 15 is 0 Å². The van der Waals surface area contributed by atoms with Gasteiger partial charge >= 0.3 is 5.97 Å². The number of nitro benzene ring substituents is 1. The zero-order valence-corrected chi connectivity index (χ0v) is 13.6. The molecule has 9 heteroatoms. The van der Waals surface area contributed by atoms with Crippen LogP contribution in [0.25, 0.3) is 0 Å². The number of hydrogen-bond donors (Lipinski definition) is 1. The van der Waals surface area contributed by atoms with E-state index in [0.29, 0.717) is 0 Å². The average molecular weight is 367 g/mol. The number of rotatable bonds is 5. The molecular weight excluding hydrogens is 355 g/mol. The fourth-order valence-electron chi connectivity index (χ4n) is 1.86. The highest BCUT2D eigenvalue weighted by Crippen LogP contribution is 2.26. The Hall–Kier alpha value is -3.00. The van der Waals surface area contributed by atoms with Gasteiger partial charge in [-0.05, 0) is 25.1 Å². The van der Waals surface area contributed by atoms with Crippen molar-refractivity contribution in [2.45, 2.75) is 13.0 Å². The van der Waals surface area contributed by atoms with Crippen LogP contribution >= 0.6 is 11.6 Å². The number of carbonyl (C=O) groups excluding carboxylic acids is 2. The number of nitrogens with zero attached hydrogens (tertiary/aromatic N) is 1. The quantitative estimate of drug-likeness (QED) is 0.495. The molecule has 1 amide bonds. The Bertz CT molecular complexity index is 843. The highest BCUT2D eigenvalue weighted by Gasteiger charge is 2.22. The molecule has 0 bridgehead atoms. The van der Waals surface area contributed by atoms with Gasteiger partial charge in [-0.3, -0.25) is 14.9 Å². The Balaban J connectivity index is 2.04. The first kappa shape index (κ1) is 18.3. The summed E-state index contributed by atoms with van der Waals surface area (Å²) in [7, 11) is 0. The van der Waals surface area contributed by atoms with Gasteiger partial charge in [-0.2, -0.15) is 0 Å². The molecule has 0 aliphatic carbocycles. The fraction of sp³-hybridized carbons (Fsp3) is 0.125. The van der Waals surface area contributed by atoms with Crippen LogP contribution in [0.5, 0.6) is 0 Å². The normalized spacial score (nSPS) is 11.5. The van der Waals surface area contributed by atoms with Crippen LogP contribution < -0.4 is 5.32 Å². The second kappa shape index (κ2) is 7.71. The predicted octanol–water partition coefficient (Wildman–Crippen LogP) is 3.57. The number of nitrogens with one attached hydrogen (secondary N) is 1. The molecule has 2 aromatic carbocycles. The van der Waals surface area contributed by atoms with Crippen LogP contribution in [-0.4, -0.2) is 22.9 Å². The van der Waals surface area contributed by atoms with Crippen molar-refractivity contribution in [2.75, 3.05) is 5.32 Å². The van der Waals surface area contributed by atoms with Gasteiger partial charge in [0.2, 0.25) is 0 Å². The molecule has 7 nitrogen and oxygen atoms in total. The minimum absolute atomic E-state index is 0.0461. The highest BCUT2D eigenvalue weighted by atomic mass is 35.5. The molecule has 1 N–H and O–H groups in total. The van der Waals surface area contributed by atoms with Gasteiger partial charge in [-0.15, -0.1) is 0 Å². The molecular formula is C16H12ClFN2O5. The Morgan fingerprint density at radius 3 is 2.56 bits per heavy atom. The smallest absolute Gasteiger partial charge is 0.341 e. The monoisotopic (exact) mass is 366 g/mol. The van der Waals surface area contributed by atoms with Gasteiger partial charge in [0.15, 0.2) is 6.10 Å². The molecule has 0 aliphatic heterocycles. The van der Waals surface area contributed by atoms with Crippen molar-refractivity contribution in [3.05, 3.63) is 69.0 Å². The lowest BCUT2D eigenvalue weighted by Crippen LogP contribution is -2.30. The first-order chi connectivity index (χ1) is 11.8. The summed E-state index contributed by atoms with van der Waals surface area (Å²) >= 11 is 5.87. The number of ether oxygens (including phenoxy) is 1. The van der Waals surface area contributed by atoms with Crippen molar-refractivity contribution in [1.82, 2.24) is 0 Å². The number of nitro groups is 1. The third kappa shape index (κ3) is 4.51. The SMILES string of the molecule is C[C@@H](OC(=O)c1ccccc1F)C(=O)Nc1ccc([N+](=O)[O-])cc1Cl. The lowest BCUT2D eigenvalue weighted by Gasteiger charge is -2.14. The molecule has 0 saturated heterocycles. The Morgan fingerprint density at radius 2 is 1.96 bits per heavy atom. The molecule has 0 fully saturated rings. The van der Waals surface area contributed by atoms with Gasteiger partial charge in [-0.1, -0.05) is 23.7 Å². The van der Waals surface area contributed by atoms with E-state index < -0.39 is 28.7 Å². The molecule has 2 rings (SSSR count). The average Bonchev–Trinajstić information content (AvgIpc) is 2.56. The van der Waals surface area contributed by atoms with E-state index in [0.717, 1.165) is 18.2 Å². The topological polar surface area (TPSA) is 98.5 Å². The van der Waals surface area contributed by atoms with Crippen LogP contribution in [-0.2, 0) is 9.53 Å². The summed E-state index contributed by atoms with van der Waals surface area (Å²) < 4.78 is 18.4. The number of amides is 1. The predicted molar refractivity (Wildman–Crippen MR) is 88.0 cm³/mol. The summed E-state index contributed by atoms with van der Waals surface area (Å²) in [6.45, 7) is 1.30. The molecule has 0 radical (unpaired) electrons. The number of non-ortho nitro benzene ring substituents is 1. The minimum Gasteiger partial charge on any atom is -0.449 e. The maximum absolute atomic E-state index is 13.5. The maximum Gasteiger partial charge on any atom is 0.341 e. The van der Waals surface area contributed by atoms with Gasteiger partial charge in [0.05, 0.1) is 21.2 Å². The van der Waals surface area contributed by atoms with Gasteiger partial charge in [0.1, 0.15) is 5.82 Å². The Morgan fingerprint density at radius 1 is 1.28 bits per heavy atom. The van der Waals surface area contributed by atoms with Gasteiger partial charge in [0.25, 0.3) is 11.6 Å². The van der Waals surface area contributed by atoms with Crippen molar-refractivity contribution in [3.63, 3.8) is 0 Å². The second-order valence-electron chi connectivity index (χ2n) is 4.94. The van der Waals surface area contributed by atoms with Crippen molar-refractivity contribution < 1.29 is 23.6 Å². The van der Waals surface area contributed by atoms with E-state index in [1.54, 1.807) is 0 Å². The molecule has 1 atom stereocenters. The first-order valence-electron chi connectivity index (χ1n) is 7.00. The molecule has 0 heterocycles. The molecule has 130 valence electrons. The second-order valence-corrected chi connectivity index (χ2v) is 5.35. The Kier molecular flexibility index (Phi) is 5.66. The molecule has 0 spiro atoms. The van der Waals surface area contributed by atoms with Gasteiger partial charge < -0.3 is 10.1 Å². The minimum atomic E-state index is -1.24. The third-order valence-electron chi connectivity index (χ3n) is 3.17. The van der Waals surface area contributed by atoms with Crippen molar-refractivity contribution >= 4 is 34.9 Å². The van der Waals surface area contributed by atoms with Crippen molar-refractivity contribution in [1.29, 1.82) is 0 Å². The largest absolute Gasteiger partial charge is 0.449 e. The summed E-state index contributed by atoms with van der Waals surface area (Å²) in [6, 6.07) is 8.70. The van der Waals surface area contributed by atoms with E-state index in [2.05, 4.69) is 5.32 Å². The molecule has 25 heavy (non-hydrogen) atoms. The molecule has 2 aromatic rings. The number of esters is 1. The zero-order valence-electron chi connectivity index (χ0n) is 12.9. The maximum atomic E-state index is 13.5. The summed E-state index contributed by atoms with van der Waals surface area (Å²) in [5.74, 6) is -2.48. The van der Waals surface area contributed by atoms with Crippen LogP contribution in [0.15, 0.2) is 42.5 Å². The summed E-state index contributed by atoms with van der Waals surface area (Å²) in [5.41, 5.74) is -0.413.